The molecule has 112 valence electrons. The summed E-state index contributed by atoms with van der Waals surface area (Å²) in [5, 5.41) is 12.3. The second kappa shape index (κ2) is 5.89. The van der Waals surface area contributed by atoms with Crippen molar-refractivity contribution in [2.45, 2.75) is 32.2 Å². The van der Waals surface area contributed by atoms with Gasteiger partial charge >= 0.3 is 5.97 Å². The molecule has 0 unspecified atom stereocenters. The Bertz CT molecular complexity index is 690. The second-order valence-electron chi connectivity index (χ2n) is 5.52. The number of rotatable bonds is 5. The second-order valence-corrected chi connectivity index (χ2v) is 6.44. The molecule has 0 bridgehead atoms. The molecule has 0 saturated carbocycles. The lowest BCUT2D eigenvalue weighted by molar-refractivity contribution is -0.137. The molecular formula is C15H16BrNO4. The molecule has 1 aromatic heterocycles. The molecule has 0 atom stereocenters. The molecule has 0 aliphatic rings. The van der Waals surface area contributed by atoms with Crippen molar-refractivity contribution in [3.05, 3.63) is 34.5 Å². The molecule has 1 amide bonds. The number of furan rings is 1. The van der Waals surface area contributed by atoms with Gasteiger partial charge in [0.15, 0.2) is 5.76 Å². The number of carboxylic acids is 1. The monoisotopic (exact) mass is 353 g/mol. The Labute approximate surface area is 130 Å². The average Bonchev–Trinajstić information content (AvgIpc) is 2.79. The normalized spacial score (nSPS) is 11.6. The molecule has 2 rings (SSSR count). The van der Waals surface area contributed by atoms with Crippen LogP contribution < -0.4 is 5.32 Å². The van der Waals surface area contributed by atoms with Crippen molar-refractivity contribution in [3.63, 3.8) is 0 Å². The van der Waals surface area contributed by atoms with Crippen molar-refractivity contribution < 1.29 is 19.1 Å². The first-order chi connectivity index (χ1) is 9.77. The van der Waals surface area contributed by atoms with Gasteiger partial charge in [-0.1, -0.05) is 15.9 Å². The molecule has 21 heavy (non-hydrogen) atoms. The average molecular weight is 354 g/mol. The third-order valence-corrected chi connectivity index (χ3v) is 3.61. The highest BCUT2D eigenvalue weighted by Gasteiger charge is 2.24. The first-order valence-corrected chi connectivity index (χ1v) is 7.29. The summed E-state index contributed by atoms with van der Waals surface area (Å²) in [6.45, 7) is 3.57. The van der Waals surface area contributed by atoms with E-state index < -0.39 is 11.5 Å². The number of halogens is 1. The number of carbonyl (C=O) groups excluding carboxylic acids is 1. The van der Waals surface area contributed by atoms with Gasteiger partial charge < -0.3 is 14.8 Å². The maximum Gasteiger partial charge on any atom is 0.303 e. The lowest BCUT2D eigenvalue weighted by Gasteiger charge is -2.24. The largest absolute Gasteiger partial charge is 0.481 e. The van der Waals surface area contributed by atoms with E-state index in [0.717, 1.165) is 9.86 Å². The molecule has 0 aliphatic carbocycles. The zero-order valence-corrected chi connectivity index (χ0v) is 13.4. The molecule has 2 N–H and O–H groups in total. The smallest absolute Gasteiger partial charge is 0.303 e. The van der Waals surface area contributed by atoms with Crippen LogP contribution >= 0.6 is 15.9 Å². The Hall–Kier alpha value is -1.82. The fourth-order valence-corrected chi connectivity index (χ4v) is 2.36. The number of hydrogen-bond acceptors (Lipinski definition) is 3. The van der Waals surface area contributed by atoms with Crippen LogP contribution in [0.3, 0.4) is 0 Å². The molecule has 0 spiro atoms. The maximum atomic E-state index is 12.2. The zero-order chi connectivity index (χ0) is 15.6. The van der Waals surface area contributed by atoms with E-state index in [1.54, 1.807) is 26.0 Å². The Morgan fingerprint density at radius 3 is 2.71 bits per heavy atom. The lowest BCUT2D eigenvalue weighted by Crippen LogP contribution is -2.43. The molecule has 5 nitrogen and oxygen atoms in total. The number of nitrogens with one attached hydrogen (secondary N) is 1. The molecule has 0 aliphatic heterocycles. The van der Waals surface area contributed by atoms with Crippen LogP contribution in [0.15, 0.2) is 33.2 Å². The predicted octanol–water partition coefficient (Wildman–Crippen LogP) is 3.57. The molecule has 6 heteroatoms. The Morgan fingerprint density at radius 2 is 2.05 bits per heavy atom. The number of fused-ring (bicyclic) bond motifs is 1. The number of carboxylic acid groups (broad SMARTS) is 1. The van der Waals surface area contributed by atoms with Gasteiger partial charge in [0.2, 0.25) is 0 Å². The van der Waals surface area contributed by atoms with Gasteiger partial charge in [-0.05, 0) is 44.5 Å². The molecule has 2 aromatic rings. The minimum atomic E-state index is -0.883. The molecule has 0 radical (unpaired) electrons. The van der Waals surface area contributed by atoms with Crippen molar-refractivity contribution in [2.75, 3.05) is 0 Å². The van der Waals surface area contributed by atoms with E-state index in [1.165, 1.54) is 0 Å². The number of hydrogen-bond donors (Lipinski definition) is 2. The minimum Gasteiger partial charge on any atom is -0.481 e. The van der Waals surface area contributed by atoms with Crippen LogP contribution in [0.25, 0.3) is 11.0 Å². The molecule has 0 saturated heterocycles. The summed E-state index contributed by atoms with van der Waals surface area (Å²) < 4.78 is 6.41. The highest BCUT2D eigenvalue weighted by molar-refractivity contribution is 9.10. The first-order valence-electron chi connectivity index (χ1n) is 6.50. The summed E-state index contributed by atoms with van der Waals surface area (Å²) in [5.74, 6) is -1.02. The quantitative estimate of drug-likeness (QED) is 0.860. The third kappa shape index (κ3) is 4.07. The third-order valence-electron chi connectivity index (χ3n) is 3.12. The van der Waals surface area contributed by atoms with Crippen LogP contribution in [0.4, 0.5) is 0 Å². The first kappa shape index (κ1) is 15.6. The summed E-state index contributed by atoms with van der Waals surface area (Å²) in [5.41, 5.74) is 0.0152. The van der Waals surface area contributed by atoms with Gasteiger partial charge in [-0.15, -0.1) is 0 Å². The van der Waals surface area contributed by atoms with E-state index in [9.17, 15) is 9.59 Å². The van der Waals surface area contributed by atoms with Crippen molar-refractivity contribution in [1.82, 2.24) is 5.32 Å². The van der Waals surface area contributed by atoms with Gasteiger partial charge in [-0.3, -0.25) is 9.59 Å². The summed E-state index contributed by atoms with van der Waals surface area (Å²) >= 11 is 3.36. The maximum absolute atomic E-state index is 12.2. The van der Waals surface area contributed by atoms with Gasteiger partial charge in [0.25, 0.3) is 5.91 Å². The van der Waals surface area contributed by atoms with Crippen LogP contribution in [0.5, 0.6) is 0 Å². The van der Waals surface area contributed by atoms with Crippen LogP contribution in [0.2, 0.25) is 0 Å². The van der Waals surface area contributed by atoms with Crippen molar-refractivity contribution in [2.24, 2.45) is 0 Å². The van der Waals surface area contributed by atoms with Crippen molar-refractivity contribution in [1.29, 1.82) is 0 Å². The Kier molecular flexibility index (Phi) is 4.37. The van der Waals surface area contributed by atoms with Crippen molar-refractivity contribution in [3.8, 4) is 0 Å². The summed E-state index contributed by atoms with van der Waals surface area (Å²) in [4.78, 5) is 22.8. The van der Waals surface area contributed by atoms with E-state index >= 15 is 0 Å². The van der Waals surface area contributed by atoms with E-state index in [2.05, 4.69) is 21.2 Å². The van der Waals surface area contributed by atoms with Crippen LogP contribution in [-0.4, -0.2) is 22.5 Å². The SMILES string of the molecule is CC(C)(CCC(=O)O)NC(=O)c1cc2cc(Br)ccc2o1. The van der Waals surface area contributed by atoms with Crippen LogP contribution in [0, 0.1) is 0 Å². The number of amides is 1. The standard InChI is InChI=1S/C15H16BrNO4/c1-15(2,6-5-13(18)19)17-14(20)12-8-9-7-10(16)3-4-11(9)21-12/h3-4,7-8H,5-6H2,1-2H3,(H,17,20)(H,18,19). The highest BCUT2D eigenvalue weighted by Crippen LogP contribution is 2.24. The van der Waals surface area contributed by atoms with E-state index in [4.69, 9.17) is 9.52 Å². The van der Waals surface area contributed by atoms with E-state index in [1.807, 2.05) is 12.1 Å². The van der Waals surface area contributed by atoms with Crippen LogP contribution in [0.1, 0.15) is 37.2 Å². The van der Waals surface area contributed by atoms with Gasteiger partial charge in [0.05, 0.1) is 0 Å². The fourth-order valence-electron chi connectivity index (χ4n) is 1.98. The number of benzene rings is 1. The summed E-state index contributed by atoms with van der Waals surface area (Å²) in [6.07, 6.45) is 0.347. The van der Waals surface area contributed by atoms with Crippen molar-refractivity contribution >= 4 is 38.8 Å². The minimum absolute atomic E-state index is 0.000354. The Morgan fingerprint density at radius 1 is 1.33 bits per heavy atom. The van der Waals surface area contributed by atoms with Gasteiger partial charge in [0, 0.05) is 21.8 Å². The van der Waals surface area contributed by atoms with Gasteiger partial charge in [-0.2, -0.15) is 0 Å². The molecule has 1 heterocycles. The lowest BCUT2D eigenvalue weighted by atomic mass is 9.98. The molecular weight excluding hydrogens is 338 g/mol. The van der Waals surface area contributed by atoms with E-state index in [0.29, 0.717) is 12.0 Å². The fraction of sp³-hybridized carbons (Fsp3) is 0.333. The summed E-state index contributed by atoms with van der Waals surface area (Å²) in [7, 11) is 0. The van der Waals surface area contributed by atoms with Crippen LogP contribution in [-0.2, 0) is 4.79 Å². The molecule has 0 fully saturated rings. The number of carbonyl (C=O) groups is 2. The Balaban J connectivity index is 2.12. The molecule has 1 aromatic carbocycles. The predicted molar refractivity (Wildman–Crippen MR) is 82.3 cm³/mol. The zero-order valence-electron chi connectivity index (χ0n) is 11.8. The topological polar surface area (TPSA) is 79.5 Å². The summed E-state index contributed by atoms with van der Waals surface area (Å²) in [6, 6.07) is 7.16. The number of aliphatic carboxylic acids is 1. The van der Waals surface area contributed by atoms with Gasteiger partial charge in [0.1, 0.15) is 5.58 Å². The highest BCUT2D eigenvalue weighted by atomic mass is 79.9. The van der Waals surface area contributed by atoms with E-state index in [-0.39, 0.29) is 18.1 Å². The van der Waals surface area contributed by atoms with Gasteiger partial charge in [-0.25, -0.2) is 0 Å².